The first kappa shape index (κ1) is 19.5. The van der Waals surface area contributed by atoms with Crippen LogP contribution in [0.25, 0.3) is 0 Å². The van der Waals surface area contributed by atoms with Crippen LogP contribution in [0.5, 0.6) is 5.88 Å². The van der Waals surface area contributed by atoms with Crippen molar-refractivity contribution in [1.82, 2.24) is 15.1 Å². The first-order valence-corrected chi connectivity index (χ1v) is 10.2. The van der Waals surface area contributed by atoms with Crippen molar-refractivity contribution in [2.24, 2.45) is 0 Å². The third kappa shape index (κ3) is 5.85. The van der Waals surface area contributed by atoms with E-state index >= 15 is 0 Å². The number of likely N-dealkylation sites (tertiary alicyclic amines) is 1. The normalized spacial score (nSPS) is 16.8. The number of thioether (sulfide) groups is 1. The third-order valence-corrected chi connectivity index (χ3v) is 5.44. The summed E-state index contributed by atoms with van der Waals surface area (Å²) in [6, 6.07) is 13.9. The van der Waals surface area contributed by atoms with Crippen molar-refractivity contribution < 1.29 is 9.53 Å². The maximum absolute atomic E-state index is 12.5. The number of piperidine rings is 1. The van der Waals surface area contributed by atoms with E-state index in [4.69, 9.17) is 4.74 Å². The maximum atomic E-state index is 12.5. The minimum atomic E-state index is -0.0241. The van der Waals surface area contributed by atoms with Gasteiger partial charge in [-0.15, -0.1) is 22.0 Å². The van der Waals surface area contributed by atoms with Crippen molar-refractivity contribution in [2.75, 3.05) is 37.8 Å². The van der Waals surface area contributed by atoms with Gasteiger partial charge in [0, 0.05) is 43.8 Å². The summed E-state index contributed by atoms with van der Waals surface area (Å²) in [7, 11) is 3.84. The van der Waals surface area contributed by atoms with E-state index in [1.165, 1.54) is 4.90 Å². The molecule has 0 spiro atoms. The molecule has 6 nitrogen and oxygen atoms in total. The van der Waals surface area contributed by atoms with Crippen LogP contribution in [0.2, 0.25) is 0 Å². The van der Waals surface area contributed by atoms with Gasteiger partial charge in [-0.25, -0.2) is 0 Å². The van der Waals surface area contributed by atoms with Crippen LogP contribution in [0.3, 0.4) is 0 Å². The van der Waals surface area contributed by atoms with Crippen molar-refractivity contribution in [3.8, 4) is 5.88 Å². The van der Waals surface area contributed by atoms with Gasteiger partial charge < -0.3 is 14.5 Å². The van der Waals surface area contributed by atoms with Gasteiger partial charge in [0.2, 0.25) is 11.8 Å². The van der Waals surface area contributed by atoms with Crippen LogP contribution < -0.4 is 9.64 Å². The van der Waals surface area contributed by atoms with Crippen LogP contribution in [-0.4, -0.2) is 60.0 Å². The molecule has 0 aliphatic carbocycles. The van der Waals surface area contributed by atoms with Gasteiger partial charge >= 0.3 is 0 Å². The van der Waals surface area contributed by atoms with E-state index in [0.717, 1.165) is 31.0 Å². The molecule has 1 amide bonds. The summed E-state index contributed by atoms with van der Waals surface area (Å²) < 4.78 is 5.95. The van der Waals surface area contributed by atoms with Crippen LogP contribution in [0.15, 0.2) is 47.4 Å². The Hall–Kier alpha value is -2.28. The predicted octanol–water partition coefficient (Wildman–Crippen LogP) is 3.09. The number of amides is 1. The van der Waals surface area contributed by atoms with E-state index in [2.05, 4.69) is 22.3 Å². The van der Waals surface area contributed by atoms with Gasteiger partial charge in [-0.05, 0) is 31.0 Å². The highest BCUT2D eigenvalue weighted by atomic mass is 32.2. The fourth-order valence-corrected chi connectivity index (χ4v) is 3.84. The quantitative estimate of drug-likeness (QED) is 0.682. The molecule has 7 heteroatoms. The van der Waals surface area contributed by atoms with E-state index < -0.39 is 0 Å². The van der Waals surface area contributed by atoms with E-state index in [-0.39, 0.29) is 12.0 Å². The van der Waals surface area contributed by atoms with E-state index in [1.807, 2.05) is 54.2 Å². The molecular weight excluding hydrogens is 360 g/mol. The second-order valence-electron chi connectivity index (χ2n) is 6.76. The van der Waals surface area contributed by atoms with Gasteiger partial charge in [0.15, 0.2) is 5.82 Å². The molecule has 144 valence electrons. The topological polar surface area (TPSA) is 58.6 Å². The molecule has 0 saturated carbocycles. The fraction of sp³-hybridized carbons (Fsp3) is 0.450. The molecule has 3 rings (SSSR count). The minimum Gasteiger partial charge on any atom is -0.471 e. The molecule has 1 aliphatic rings. The second-order valence-corrected chi connectivity index (χ2v) is 7.93. The largest absolute Gasteiger partial charge is 0.471 e. The minimum absolute atomic E-state index is 0.0241. The summed E-state index contributed by atoms with van der Waals surface area (Å²) in [5.74, 6) is 2.29. The molecule has 0 bridgehead atoms. The molecule has 1 unspecified atom stereocenters. The Labute approximate surface area is 164 Å². The average Bonchev–Trinajstić information content (AvgIpc) is 2.69. The van der Waals surface area contributed by atoms with Gasteiger partial charge in [0.05, 0.1) is 6.54 Å². The average molecular weight is 387 g/mol. The zero-order valence-electron chi connectivity index (χ0n) is 15.9. The summed E-state index contributed by atoms with van der Waals surface area (Å²) in [5, 5.41) is 8.26. The maximum Gasteiger partial charge on any atom is 0.233 e. The summed E-state index contributed by atoms with van der Waals surface area (Å²) in [6.45, 7) is 1.42. The van der Waals surface area contributed by atoms with Crippen LogP contribution in [0.4, 0.5) is 5.82 Å². The molecule has 2 heterocycles. The lowest BCUT2D eigenvalue weighted by atomic mass is 10.1. The zero-order valence-corrected chi connectivity index (χ0v) is 16.7. The molecule has 1 aromatic heterocycles. The number of ether oxygens (including phenoxy) is 1. The van der Waals surface area contributed by atoms with E-state index in [0.29, 0.717) is 18.8 Å². The van der Waals surface area contributed by atoms with Gasteiger partial charge in [-0.2, -0.15) is 0 Å². The lowest BCUT2D eigenvalue weighted by molar-refractivity contribution is -0.133. The summed E-state index contributed by atoms with van der Waals surface area (Å²) >= 11 is 1.72. The van der Waals surface area contributed by atoms with Crippen LogP contribution >= 0.6 is 11.8 Å². The van der Waals surface area contributed by atoms with E-state index in [9.17, 15) is 4.79 Å². The summed E-state index contributed by atoms with van der Waals surface area (Å²) in [6.07, 6.45) is 2.40. The number of hydrogen-bond donors (Lipinski definition) is 0. The highest BCUT2D eigenvalue weighted by Gasteiger charge is 2.25. The first-order valence-electron chi connectivity index (χ1n) is 9.25. The second kappa shape index (κ2) is 9.60. The number of carbonyl (C=O) groups is 1. The Kier molecular flexibility index (Phi) is 6.92. The van der Waals surface area contributed by atoms with Gasteiger partial charge in [-0.1, -0.05) is 18.2 Å². The number of rotatable bonds is 7. The molecule has 1 aliphatic heterocycles. The van der Waals surface area contributed by atoms with Crippen molar-refractivity contribution in [3.63, 3.8) is 0 Å². The van der Waals surface area contributed by atoms with Gasteiger partial charge in [0.1, 0.15) is 6.10 Å². The van der Waals surface area contributed by atoms with Crippen LogP contribution in [0.1, 0.15) is 19.3 Å². The molecule has 0 N–H and O–H groups in total. The van der Waals surface area contributed by atoms with Gasteiger partial charge in [0.25, 0.3) is 0 Å². The highest BCUT2D eigenvalue weighted by Crippen LogP contribution is 2.21. The Morgan fingerprint density at radius 2 is 2.04 bits per heavy atom. The Balaban J connectivity index is 1.46. The Morgan fingerprint density at radius 1 is 1.22 bits per heavy atom. The molecule has 1 saturated heterocycles. The standard InChI is InChI=1S/C20H26N4O2S/c1-23(2)18-10-11-19(22-21-18)26-16-7-6-13-24(15-16)20(25)12-14-27-17-8-4-3-5-9-17/h3-5,8-11,16H,6-7,12-15H2,1-2H3. The first-order chi connectivity index (χ1) is 13.1. The van der Waals surface area contributed by atoms with Crippen molar-refractivity contribution in [2.45, 2.75) is 30.3 Å². The van der Waals surface area contributed by atoms with Crippen molar-refractivity contribution in [3.05, 3.63) is 42.5 Å². The monoisotopic (exact) mass is 386 g/mol. The Bertz CT molecular complexity index is 725. The number of benzene rings is 1. The number of anilines is 1. The molecule has 1 atom stereocenters. The SMILES string of the molecule is CN(C)c1ccc(OC2CCCN(C(=O)CCSc3ccccc3)C2)nn1. The number of carbonyl (C=O) groups excluding carboxylic acids is 1. The lowest BCUT2D eigenvalue weighted by Gasteiger charge is -2.32. The predicted molar refractivity (Wildman–Crippen MR) is 108 cm³/mol. The number of nitrogens with zero attached hydrogens (tertiary/aromatic N) is 4. The summed E-state index contributed by atoms with van der Waals surface area (Å²) in [4.78, 5) is 17.5. The Morgan fingerprint density at radius 3 is 2.74 bits per heavy atom. The molecule has 1 aromatic carbocycles. The number of hydrogen-bond acceptors (Lipinski definition) is 6. The molecule has 27 heavy (non-hydrogen) atoms. The van der Waals surface area contributed by atoms with Gasteiger partial charge in [-0.3, -0.25) is 4.79 Å². The molecule has 1 fully saturated rings. The molecule has 2 aromatic rings. The summed E-state index contributed by atoms with van der Waals surface area (Å²) in [5.41, 5.74) is 0. The highest BCUT2D eigenvalue weighted by molar-refractivity contribution is 7.99. The van der Waals surface area contributed by atoms with Crippen LogP contribution in [0, 0.1) is 0 Å². The third-order valence-electron chi connectivity index (χ3n) is 4.43. The van der Waals surface area contributed by atoms with Crippen molar-refractivity contribution >= 4 is 23.5 Å². The van der Waals surface area contributed by atoms with Crippen LogP contribution in [-0.2, 0) is 4.79 Å². The van der Waals surface area contributed by atoms with E-state index in [1.54, 1.807) is 11.8 Å². The van der Waals surface area contributed by atoms with Crippen molar-refractivity contribution in [1.29, 1.82) is 0 Å². The smallest absolute Gasteiger partial charge is 0.233 e. The molecular formula is C20H26N4O2S. The lowest BCUT2D eigenvalue weighted by Crippen LogP contribution is -2.44. The zero-order chi connectivity index (χ0) is 19.1. The molecule has 0 radical (unpaired) electrons. The fourth-order valence-electron chi connectivity index (χ4n) is 2.98. The number of aromatic nitrogens is 2.